The second-order valence-electron chi connectivity index (χ2n) is 5.54. The number of hydrogen-bond donors (Lipinski definition) is 1. The summed E-state index contributed by atoms with van der Waals surface area (Å²) in [5.41, 5.74) is 1.33. The van der Waals surface area contributed by atoms with Gasteiger partial charge in [-0.05, 0) is 61.9 Å². The van der Waals surface area contributed by atoms with Gasteiger partial charge in [0.1, 0.15) is 17.4 Å². The summed E-state index contributed by atoms with van der Waals surface area (Å²) in [4.78, 5) is 24.0. The molecule has 0 aliphatic carbocycles. The Morgan fingerprint density at radius 1 is 1.14 bits per heavy atom. The number of nitrogens with zero attached hydrogens (tertiary/aromatic N) is 1. The van der Waals surface area contributed by atoms with Crippen LogP contribution in [-0.2, 0) is 9.53 Å². The van der Waals surface area contributed by atoms with Gasteiger partial charge in [-0.1, -0.05) is 17.7 Å². The summed E-state index contributed by atoms with van der Waals surface area (Å²) in [6.45, 7) is 4.33. The maximum Gasteiger partial charge on any atom is 0.338 e. The molecule has 7 heteroatoms. The van der Waals surface area contributed by atoms with Gasteiger partial charge >= 0.3 is 5.97 Å². The van der Waals surface area contributed by atoms with Crippen LogP contribution < -0.4 is 10.1 Å². The molecule has 0 aliphatic heterocycles. The molecule has 0 atom stereocenters. The topological polar surface area (TPSA) is 88.4 Å². The molecule has 0 aliphatic rings. The Hall–Kier alpha value is -3.30. The van der Waals surface area contributed by atoms with Crippen molar-refractivity contribution < 1.29 is 19.1 Å². The standard InChI is InChI=1S/C21H19ClN2O4/c1-3-27-19-10-5-14(12-18(19)22)11-16(13-23)20(25)24-17-8-6-15(7-9-17)21(26)28-4-2/h5-12H,3-4H2,1-2H3,(H,24,25)/b16-11+. The van der Waals surface area contributed by atoms with Crippen molar-refractivity contribution >= 4 is 35.2 Å². The largest absolute Gasteiger partial charge is 0.492 e. The van der Waals surface area contributed by atoms with Crippen LogP contribution in [0.5, 0.6) is 5.75 Å². The van der Waals surface area contributed by atoms with Gasteiger partial charge in [0.25, 0.3) is 5.91 Å². The first-order valence-electron chi connectivity index (χ1n) is 8.61. The average Bonchev–Trinajstić information content (AvgIpc) is 2.69. The number of carbonyl (C=O) groups is 2. The van der Waals surface area contributed by atoms with Gasteiger partial charge in [-0.2, -0.15) is 5.26 Å². The summed E-state index contributed by atoms with van der Waals surface area (Å²) in [5.74, 6) is -0.479. The maximum atomic E-state index is 12.4. The van der Waals surface area contributed by atoms with Crippen molar-refractivity contribution in [3.63, 3.8) is 0 Å². The highest BCUT2D eigenvalue weighted by Gasteiger charge is 2.12. The van der Waals surface area contributed by atoms with Gasteiger partial charge in [-0.3, -0.25) is 4.79 Å². The van der Waals surface area contributed by atoms with E-state index < -0.39 is 11.9 Å². The number of carbonyl (C=O) groups excluding carboxylic acids is 2. The molecule has 0 radical (unpaired) electrons. The van der Waals surface area contributed by atoms with Crippen molar-refractivity contribution in [3.05, 3.63) is 64.2 Å². The van der Waals surface area contributed by atoms with Gasteiger partial charge in [0.2, 0.25) is 0 Å². The lowest BCUT2D eigenvalue weighted by Crippen LogP contribution is -2.13. The van der Waals surface area contributed by atoms with Gasteiger partial charge in [-0.25, -0.2) is 4.79 Å². The fourth-order valence-corrected chi connectivity index (χ4v) is 2.54. The molecule has 0 heterocycles. The Kier molecular flexibility index (Phi) is 7.61. The van der Waals surface area contributed by atoms with Crippen LogP contribution in [-0.4, -0.2) is 25.1 Å². The Morgan fingerprint density at radius 3 is 2.43 bits per heavy atom. The molecule has 6 nitrogen and oxygen atoms in total. The van der Waals surface area contributed by atoms with Crippen molar-refractivity contribution in [2.75, 3.05) is 18.5 Å². The minimum absolute atomic E-state index is 0.0882. The molecular formula is C21H19ClN2O4. The Morgan fingerprint density at radius 2 is 1.86 bits per heavy atom. The lowest BCUT2D eigenvalue weighted by molar-refractivity contribution is -0.112. The molecule has 0 aromatic heterocycles. The first-order chi connectivity index (χ1) is 13.5. The lowest BCUT2D eigenvalue weighted by atomic mass is 10.1. The molecule has 0 fully saturated rings. The molecule has 0 saturated heterocycles. The number of amides is 1. The minimum atomic E-state index is -0.573. The minimum Gasteiger partial charge on any atom is -0.492 e. The van der Waals surface area contributed by atoms with Crippen molar-refractivity contribution in [2.24, 2.45) is 0 Å². The molecule has 2 rings (SSSR count). The number of hydrogen-bond acceptors (Lipinski definition) is 5. The van der Waals surface area contributed by atoms with Crippen LogP contribution in [0, 0.1) is 11.3 Å². The highest BCUT2D eigenvalue weighted by atomic mass is 35.5. The fraction of sp³-hybridized carbons (Fsp3) is 0.190. The van der Waals surface area contributed by atoms with E-state index >= 15 is 0 Å². The molecule has 28 heavy (non-hydrogen) atoms. The number of halogens is 1. The Bertz CT molecular complexity index is 930. The summed E-state index contributed by atoms with van der Waals surface area (Å²) < 4.78 is 10.3. The summed E-state index contributed by atoms with van der Waals surface area (Å²) in [6.07, 6.45) is 1.43. The van der Waals surface area contributed by atoms with E-state index in [-0.39, 0.29) is 12.2 Å². The number of esters is 1. The van der Waals surface area contributed by atoms with Crippen LogP contribution >= 0.6 is 11.6 Å². The second kappa shape index (κ2) is 10.1. The predicted molar refractivity (Wildman–Crippen MR) is 107 cm³/mol. The van der Waals surface area contributed by atoms with Crippen molar-refractivity contribution in [2.45, 2.75) is 13.8 Å². The van der Waals surface area contributed by atoms with E-state index in [9.17, 15) is 14.9 Å². The Labute approximate surface area is 168 Å². The number of nitrogens with one attached hydrogen (secondary N) is 1. The third-order valence-corrected chi connectivity index (χ3v) is 3.88. The van der Waals surface area contributed by atoms with Gasteiger partial charge in [0.15, 0.2) is 0 Å². The zero-order valence-electron chi connectivity index (χ0n) is 15.5. The van der Waals surface area contributed by atoms with Gasteiger partial charge in [0, 0.05) is 5.69 Å². The van der Waals surface area contributed by atoms with Gasteiger partial charge in [-0.15, -0.1) is 0 Å². The van der Waals surface area contributed by atoms with Crippen LogP contribution in [0.4, 0.5) is 5.69 Å². The number of ether oxygens (including phenoxy) is 2. The molecule has 0 unspecified atom stereocenters. The average molecular weight is 399 g/mol. The molecule has 2 aromatic rings. The van der Waals surface area contributed by atoms with E-state index in [1.54, 1.807) is 37.3 Å². The zero-order valence-corrected chi connectivity index (χ0v) is 16.2. The third-order valence-electron chi connectivity index (χ3n) is 3.59. The molecule has 144 valence electrons. The van der Waals surface area contributed by atoms with Crippen molar-refractivity contribution in [1.82, 2.24) is 0 Å². The normalized spacial score (nSPS) is 10.7. The molecule has 1 N–H and O–H groups in total. The first-order valence-corrected chi connectivity index (χ1v) is 8.99. The zero-order chi connectivity index (χ0) is 20.5. The molecule has 2 aromatic carbocycles. The van der Waals surface area contributed by atoms with E-state index in [1.807, 2.05) is 13.0 Å². The van der Waals surface area contributed by atoms with E-state index in [0.717, 1.165) is 0 Å². The second-order valence-corrected chi connectivity index (χ2v) is 5.95. The van der Waals surface area contributed by atoms with E-state index in [2.05, 4.69) is 5.32 Å². The monoisotopic (exact) mass is 398 g/mol. The van der Waals surface area contributed by atoms with Gasteiger partial charge < -0.3 is 14.8 Å². The third kappa shape index (κ3) is 5.60. The number of benzene rings is 2. The molecule has 0 spiro atoms. The first kappa shape index (κ1) is 21.0. The quantitative estimate of drug-likeness (QED) is 0.422. The summed E-state index contributed by atoms with van der Waals surface area (Å²) in [7, 11) is 0. The van der Waals surface area contributed by atoms with Crippen LogP contribution in [0.15, 0.2) is 48.0 Å². The molecular weight excluding hydrogens is 380 g/mol. The maximum absolute atomic E-state index is 12.4. The number of nitriles is 1. The summed E-state index contributed by atoms with van der Waals surface area (Å²) in [5, 5.41) is 12.3. The SMILES string of the molecule is CCOC(=O)c1ccc(NC(=O)/C(C#N)=C/c2ccc(OCC)c(Cl)c2)cc1. The van der Waals surface area contributed by atoms with Crippen LogP contribution in [0.3, 0.4) is 0 Å². The molecule has 0 saturated carbocycles. The smallest absolute Gasteiger partial charge is 0.338 e. The van der Waals surface area contributed by atoms with Crippen LogP contribution in [0.25, 0.3) is 6.08 Å². The number of anilines is 1. The lowest BCUT2D eigenvalue weighted by Gasteiger charge is -2.07. The summed E-state index contributed by atoms with van der Waals surface area (Å²) in [6, 6.07) is 13.1. The highest BCUT2D eigenvalue weighted by molar-refractivity contribution is 6.32. The predicted octanol–water partition coefficient (Wildman–Crippen LogP) is 4.46. The van der Waals surface area contributed by atoms with Crippen LogP contribution in [0.2, 0.25) is 5.02 Å². The van der Waals surface area contributed by atoms with Gasteiger partial charge in [0.05, 0.1) is 23.8 Å². The Balaban J connectivity index is 2.13. The van der Waals surface area contributed by atoms with E-state index in [4.69, 9.17) is 21.1 Å². The van der Waals surface area contributed by atoms with Crippen LogP contribution in [0.1, 0.15) is 29.8 Å². The molecule has 1 amide bonds. The summed E-state index contributed by atoms with van der Waals surface area (Å²) >= 11 is 6.13. The highest BCUT2D eigenvalue weighted by Crippen LogP contribution is 2.26. The van der Waals surface area contributed by atoms with Crippen molar-refractivity contribution in [3.8, 4) is 11.8 Å². The van der Waals surface area contributed by atoms with E-state index in [1.165, 1.54) is 18.2 Å². The molecule has 0 bridgehead atoms. The van der Waals surface area contributed by atoms with Crippen molar-refractivity contribution in [1.29, 1.82) is 5.26 Å². The number of rotatable bonds is 7. The van der Waals surface area contributed by atoms with E-state index in [0.29, 0.717) is 34.2 Å². The fourth-order valence-electron chi connectivity index (χ4n) is 2.30.